The first-order valence-electron chi connectivity index (χ1n) is 6.89. The Morgan fingerprint density at radius 1 is 1.45 bits per heavy atom. The van der Waals surface area contributed by atoms with E-state index in [0.29, 0.717) is 22.4 Å². The molecule has 2 aliphatic heterocycles. The average molecular weight is 405 g/mol. The van der Waals surface area contributed by atoms with Crippen LogP contribution < -0.4 is 5.32 Å². The van der Waals surface area contributed by atoms with Crippen molar-refractivity contribution in [3.63, 3.8) is 0 Å². The second kappa shape index (κ2) is 5.14. The van der Waals surface area contributed by atoms with Gasteiger partial charge in [0.15, 0.2) is 0 Å². The van der Waals surface area contributed by atoms with E-state index in [1.807, 2.05) is 17.0 Å². The quantitative estimate of drug-likeness (QED) is 0.730. The number of nitrogens with one attached hydrogen (secondary N) is 1. The molecule has 0 aliphatic carbocycles. The van der Waals surface area contributed by atoms with Crippen molar-refractivity contribution in [1.29, 1.82) is 0 Å². The highest BCUT2D eigenvalue weighted by Crippen LogP contribution is 2.41. The smallest absolute Gasteiger partial charge is 0.254 e. The summed E-state index contributed by atoms with van der Waals surface area (Å²) in [5.41, 5.74) is 0.595. The molecule has 2 aliphatic rings. The number of rotatable bonds is 1. The van der Waals surface area contributed by atoms with E-state index in [4.69, 9.17) is 11.6 Å². The standard InChI is InChI=1S/C15H18ClIN2O/c1-15(2)11-7-18-6-10(11)8-19(15)14(20)9-3-4-13(17)12(16)5-9/h3-5,10-11,18H,6-8H2,1-2H3. The van der Waals surface area contributed by atoms with Crippen molar-refractivity contribution >= 4 is 40.1 Å². The van der Waals surface area contributed by atoms with E-state index in [0.717, 1.165) is 23.2 Å². The zero-order valence-electron chi connectivity index (χ0n) is 11.6. The van der Waals surface area contributed by atoms with Crippen LogP contribution in [0.5, 0.6) is 0 Å². The van der Waals surface area contributed by atoms with Gasteiger partial charge in [0, 0.05) is 34.3 Å². The molecule has 0 radical (unpaired) electrons. The molecule has 0 aromatic heterocycles. The molecule has 1 aromatic carbocycles. The van der Waals surface area contributed by atoms with Gasteiger partial charge in [0.05, 0.1) is 5.02 Å². The summed E-state index contributed by atoms with van der Waals surface area (Å²) in [7, 11) is 0. The van der Waals surface area contributed by atoms with Gasteiger partial charge in [-0.15, -0.1) is 0 Å². The largest absolute Gasteiger partial charge is 0.333 e. The Morgan fingerprint density at radius 3 is 2.85 bits per heavy atom. The molecule has 2 saturated heterocycles. The molecule has 2 unspecified atom stereocenters. The third-order valence-corrected chi connectivity index (χ3v) is 6.34. The van der Waals surface area contributed by atoms with Gasteiger partial charge in [-0.1, -0.05) is 11.6 Å². The first-order valence-corrected chi connectivity index (χ1v) is 8.34. The minimum atomic E-state index is -0.0965. The summed E-state index contributed by atoms with van der Waals surface area (Å²) in [5, 5.41) is 4.08. The van der Waals surface area contributed by atoms with Crippen molar-refractivity contribution < 1.29 is 4.79 Å². The first kappa shape index (κ1) is 14.6. The van der Waals surface area contributed by atoms with Crippen LogP contribution in [0.15, 0.2) is 18.2 Å². The van der Waals surface area contributed by atoms with Crippen molar-refractivity contribution in [3.8, 4) is 0 Å². The van der Waals surface area contributed by atoms with Crippen LogP contribution in [0.2, 0.25) is 5.02 Å². The van der Waals surface area contributed by atoms with Gasteiger partial charge < -0.3 is 10.2 Å². The lowest BCUT2D eigenvalue weighted by Gasteiger charge is -2.35. The molecule has 2 heterocycles. The topological polar surface area (TPSA) is 32.3 Å². The molecule has 0 saturated carbocycles. The lowest BCUT2D eigenvalue weighted by atomic mass is 9.84. The fourth-order valence-electron chi connectivity index (χ4n) is 3.55. The second-order valence-electron chi connectivity index (χ2n) is 6.22. The number of hydrogen-bond donors (Lipinski definition) is 1. The molecule has 2 atom stereocenters. The Kier molecular flexibility index (Phi) is 3.75. The van der Waals surface area contributed by atoms with E-state index >= 15 is 0 Å². The number of hydrogen-bond acceptors (Lipinski definition) is 2. The van der Waals surface area contributed by atoms with Crippen LogP contribution in [-0.2, 0) is 0 Å². The lowest BCUT2D eigenvalue weighted by Crippen LogP contribution is -2.47. The molecule has 1 N–H and O–H groups in total. The summed E-state index contributed by atoms with van der Waals surface area (Å²) in [4.78, 5) is 14.8. The summed E-state index contributed by atoms with van der Waals surface area (Å²) in [6.45, 7) is 7.22. The minimum absolute atomic E-state index is 0.0965. The Bertz CT molecular complexity index is 561. The van der Waals surface area contributed by atoms with Gasteiger partial charge >= 0.3 is 0 Å². The van der Waals surface area contributed by atoms with Gasteiger partial charge in [0.2, 0.25) is 0 Å². The van der Waals surface area contributed by atoms with E-state index in [1.165, 1.54) is 0 Å². The SMILES string of the molecule is CC1(C)C2CNCC2CN1C(=O)c1ccc(I)c(Cl)c1. The Balaban J connectivity index is 1.89. The third kappa shape index (κ3) is 2.25. The molecule has 0 bridgehead atoms. The number of carbonyl (C=O) groups excluding carboxylic acids is 1. The van der Waals surface area contributed by atoms with Gasteiger partial charge in [-0.2, -0.15) is 0 Å². The predicted octanol–water partition coefficient (Wildman–Crippen LogP) is 3.01. The monoisotopic (exact) mass is 404 g/mol. The van der Waals surface area contributed by atoms with Crippen molar-refractivity contribution in [3.05, 3.63) is 32.4 Å². The normalized spacial score (nSPS) is 27.7. The molecule has 0 spiro atoms. The third-order valence-electron chi connectivity index (χ3n) is 4.77. The van der Waals surface area contributed by atoms with E-state index in [-0.39, 0.29) is 11.4 Å². The van der Waals surface area contributed by atoms with Gasteiger partial charge in [0.25, 0.3) is 5.91 Å². The van der Waals surface area contributed by atoms with Crippen LogP contribution in [0, 0.1) is 15.4 Å². The summed E-state index contributed by atoms with van der Waals surface area (Å²) >= 11 is 8.32. The molecule has 2 fully saturated rings. The maximum absolute atomic E-state index is 12.8. The van der Waals surface area contributed by atoms with Crippen molar-refractivity contribution in [2.75, 3.05) is 19.6 Å². The number of nitrogens with zero attached hydrogens (tertiary/aromatic N) is 1. The van der Waals surface area contributed by atoms with E-state index < -0.39 is 0 Å². The first-order chi connectivity index (χ1) is 9.41. The Hall–Kier alpha value is -0.330. The van der Waals surface area contributed by atoms with Crippen LogP contribution in [0.4, 0.5) is 0 Å². The zero-order chi connectivity index (χ0) is 14.5. The molecule has 3 rings (SSSR count). The number of benzene rings is 1. The van der Waals surface area contributed by atoms with E-state index in [9.17, 15) is 4.79 Å². The maximum Gasteiger partial charge on any atom is 0.254 e. The molecule has 1 aromatic rings. The van der Waals surface area contributed by atoms with Crippen LogP contribution in [0.1, 0.15) is 24.2 Å². The molecule has 3 nitrogen and oxygen atoms in total. The number of carbonyl (C=O) groups is 1. The Labute approximate surface area is 138 Å². The van der Waals surface area contributed by atoms with Crippen molar-refractivity contribution in [2.24, 2.45) is 11.8 Å². The molecule has 5 heteroatoms. The summed E-state index contributed by atoms with van der Waals surface area (Å²) in [6, 6.07) is 5.56. The minimum Gasteiger partial charge on any atom is -0.333 e. The fraction of sp³-hybridized carbons (Fsp3) is 0.533. The zero-order valence-corrected chi connectivity index (χ0v) is 14.5. The molecule has 1 amide bonds. The summed E-state index contributed by atoms with van der Waals surface area (Å²) < 4.78 is 0.975. The highest BCUT2D eigenvalue weighted by Gasteiger charge is 2.51. The molecule has 20 heavy (non-hydrogen) atoms. The molecular formula is C15H18ClIN2O. The van der Waals surface area contributed by atoms with Gasteiger partial charge in [0.1, 0.15) is 0 Å². The maximum atomic E-state index is 12.8. The van der Waals surface area contributed by atoms with Crippen LogP contribution >= 0.6 is 34.2 Å². The van der Waals surface area contributed by atoms with Crippen LogP contribution in [0.25, 0.3) is 0 Å². The van der Waals surface area contributed by atoms with E-state index in [1.54, 1.807) is 6.07 Å². The summed E-state index contributed by atoms with van der Waals surface area (Å²) in [5.74, 6) is 1.22. The Morgan fingerprint density at radius 2 is 2.20 bits per heavy atom. The average Bonchev–Trinajstić information content (AvgIpc) is 2.95. The van der Waals surface area contributed by atoms with Crippen LogP contribution in [-0.4, -0.2) is 36.0 Å². The van der Waals surface area contributed by atoms with Crippen molar-refractivity contribution in [2.45, 2.75) is 19.4 Å². The lowest BCUT2D eigenvalue weighted by molar-refractivity contribution is 0.0603. The molecule has 108 valence electrons. The number of halogens is 2. The second-order valence-corrected chi connectivity index (χ2v) is 7.79. The van der Waals surface area contributed by atoms with Gasteiger partial charge in [-0.05, 0) is 66.5 Å². The fourth-order valence-corrected chi connectivity index (χ4v) is 4.07. The number of fused-ring (bicyclic) bond motifs is 1. The highest BCUT2D eigenvalue weighted by atomic mass is 127. The molecular weight excluding hydrogens is 387 g/mol. The van der Waals surface area contributed by atoms with Crippen LogP contribution in [0.3, 0.4) is 0 Å². The highest BCUT2D eigenvalue weighted by molar-refractivity contribution is 14.1. The number of likely N-dealkylation sites (tertiary alicyclic amines) is 1. The van der Waals surface area contributed by atoms with Crippen molar-refractivity contribution in [1.82, 2.24) is 10.2 Å². The van der Waals surface area contributed by atoms with E-state index in [2.05, 4.69) is 41.8 Å². The van der Waals surface area contributed by atoms with Gasteiger partial charge in [-0.25, -0.2) is 0 Å². The predicted molar refractivity (Wildman–Crippen MR) is 89.1 cm³/mol. The number of amides is 1. The summed E-state index contributed by atoms with van der Waals surface area (Å²) in [6.07, 6.45) is 0. The van der Waals surface area contributed by atoms with Gasteiger partial charge in [-0.3, -0.25) is 4.79 Å².